The molecule has 0 N–H and O–H groups in total. The SMILES string of the molecule is COC(=O)/C=C/O[C@H]1CC2(COC(C)(C)OC2)C[C@@H]1n1cc(C(=O)OC)nn1. The van der Waals surface area contributed by atoms with Crippen LogP contribution in [0.5, 0.6) is 0 Å². The lowest BCUT2D eigenvalue weighted by Crippen LogP contribution is -2.45. The molecule has 28 heavy (non-hydrogen) atoms. The summed E-state index contributed by atoms with van der Waals surface area (Å²) in [6.07, 6.45) is 5.03. The molecule has 2 aliphatic rings. The second-order valence-corrected chi connectivity index (χ2v) is 7.53. The van der Waals surface area contributed by atoms with Crippen molar-refractivity contribution in [2.45, 2.75) is 44.6 Å². The second kappa shape index (κ2) is 7.88. The summed E-state index contributed by atoms with van der Waals surface area (Å²) in [6, 6.07) is -0.221. The zero-order valence-corrected chi connectivity index (χ0v) is 16.4. The average Bonchev–Trinajstić information content (AvgIpc) is 3.29. The molecule has 1 saturated carbocycles. The molecule has 0 unspecified atom stereocenters. The minimum absolute atomic E-state index is 0.115. The first kappa shape index (κ1) is 20.3. The highest BCUT2D eigenvalue weighted by Crippen LogP contribution is 2.49. The molecule has 154 valence electrons. The van der Waals surface area contributed by atoms with Gasteiger partial charge in [0.15, 0.2) is 11.5 Å². The third-order valence-electron chi connectivity index (χ3n) is 5.06. The smallest absolute Gasteiger partial charge is 0.360 e. The van der Waals surface area contributed by atoms with Gasteiger partial charge in [-0.25, -0.2) is 14.3 Å². The summed E-state index contributed by atoms with van der Waals surface area (Å²) in [5, 5.41) is 7.94. The Morgan fingerprint density at radius 1 is 1.21 bits per heavy atom. The molecule has 2 heterocycles. The summed E-state index contributed by atoms with van der Waals surface area (Å²) < 4.78 is 28.4. The van der Waals surface area contributed by atoms with Gasteiger partial charge in [0.1, 0.15) is 6.10 Å². The first-order chi connectivity index (χ1) is 13.3. The molecule has 1 aromatic rings. The van der Waals surface area contributed by atoms with Gasteiger partial charge in [0.05, 0.1) is 52.0 Å². The van der Waals surface area contributed by atoms with Crippen molar-refractivity contribution >= 4 is 11.9 Å². The van der Waals surface area contributed by atoms with Crippen LogP contribution in [-0.4, -0.2) is 66.3 Å². The molecule has 10 nitrogen and oxygen atoms in total. The Labute approximate surface area is 162 Å². The van der Waals surface area contributed by atoms with Gasteiger partial charge in [-0.2, -0.15) is 0 Å². The lowest BCUT2D eigenvalue weighted by atomic mass is 9.86. The number of hydrogen-bond acceptors (Lipinski definition) is 9. The average molecular weight is 395 g/mol. The maximum Gasteiger partial charge on any atom is 0.360 e. The van der Waals surface area contributed by atoms with E-state index in [0.29, 0.717) is 26.1 Å². The Bertz CT molecular complexity index is 748. The molecule has 1 saturated heterocycles. The van der Waals surface area contributed by atoms with Crippen LogP contribution in [0.3, 0.4) is 0 Å². The van der Waals surface area contributed by atoms with Crippen LogP contribution < -0.4 is 0 Å². The van der Waals surface area contributed by atoms with Crippen molar-refractivity contribution in [1.82, 2.24) is 15.0 Å². The molecule has 0 radical (unpaired) electrons. The van der Waals surface area contributed by atoms with E-state index in [1.807, 2.05) is 13.8 Å². The van der Waals surface area contributed by atoms with E-state index in [2.05, 4.69) is 19.8 Å². The number of hydrogen-bond donors (Lipinski definition) is 0. The summed E-state index contributed by atoms with van der Waals surface area (Å²) >= 11 is 0. The van der Waals surface area contributed by atoms with E-state index < -0.39 is 17.7 Å². The van der Waals surface area contributed by atoms with E-state index in [-0.39, 0.29) is 23.3 Å². The van der Waals surface area contributed by atoms with Gasteiger partial charge in [0.25, 0.3) is 0 Å². The van der Waals surface area contributed by atoms with E-state index in [1.54, 1.807) is 4.68 Å². The van der Waals surface area contributed by atoms with Crippen molar-refractivity contribution in [3.63, 3.8) is 0 Å². The van der Waals surface area contributed by atoms with Gasteiger partial charge >= 0.3 is 11.9 Å². The van der Waals surface area contributed by atoms with Crippen molar-refractivity contribution in [2.75, 3.05) is 27.4 Å². The molecule has 2 atom stereocenters. The lowest BCUT2D eigenvalue weighted by molar-refractivity contribution is -0.285. The fraction of sp³-hybridized carbons (Fsp3) is 0.667. The van der Waals surface area contributed by atoms with E-state index >= 15 is 0 Å². The Morgan fingerprint density at radius 2 is 1.93 bits per heavy atom. The number of aromatic nitrogens is 3. The zero-order valence-electron chi connectivity index (χ0n) is 16.4. The van der Waals surface area contributed by atoms with E-state index in [9.17, 15) is 9.59 Å². The minimum Gasteiger partial charge on any atom is -0.496 e. The van der Waals surface area contributed by atoms with Gasteiger partial charge < -0.3 is 23.7 Å². The monoisotopic (exact) mass is 395 g/mol. The van der Waals surface area contributed by atoms with Crippen LogP contribution in [0.15, 0.2) is 18.5 Å². The summed E-state index contributed by atoms with van der Waals surface area (Å²) in [6.45, 7) is 4.77. The number of methoxy groups -OCH3 is 2. The molecule has 1 aromatic heterocycles. The molecular weight excluding hydrogens is 370 g/mol. The maximum atomic E-state index is 11.7. The Hall–Kier alpha value is -2.46. The number of rotatable bonds is 5. The predicted molar refractivity (Wildman–Crippen MR) is 94.1 cm³/mol. The standard InChI is InChI=1S/C18H25N3O7/c1-17(2)27-10-18(11-28-17)7-13(14(8-18)26-6-5-15(22)24-3)21-9-12(19-20-21)16(23)25-4/h5-6,9,13-14H,7-8,10-11H2,1-4H3/b6-5+/t13-,14-/m0/s1. The van der Waals surface area contributed by atoms with Crippen LogP contribution in [0.2, 0.25) is 0 Å². The molecule has 1 spiro atoms. The minimum atomic E-state index is -0.629. The highest BCUT2D eigenvalue weighted by molar-refractivity contribution is 5.86. The largest absolute Gasteiger partial charge is 0.496 e. The van der Waals surface area contributed by atoms with Gasteiger partial charge in [0.2, 0.25) is 0 Å². The third kappa shape index (κ3) is 4.33. The first-order valence-corrected chi connectivity index (χ1v) is 8.95. The van der Waals surface area contributed by atoms with Crippen molar-refractivity contribution in [2.24, 2.45) is 5.41 Å². The summed E-state index contributed by atoms with van der Waals surface area (Å²) in [5.41, 5.74) is -0.147. The summed E-state index contributed by atoms with van der Waals surface area (Å²) in [5.74, 6) is -1.70. The van der Waals surface area contributed by atoms with E-state index in [4.69, 9.17) is 14.2 Å². The molecule has 3 rings (SSSR count). The quantitative estimate of drug-likeness (QED) is 0.413. The Morgan fingerprint density at radius 3 is 2.57 bits per heavy atom. The number of carbonyl (C=O) groups is 2. The molecule has 0 amide bonds. The Kier molecular flexibility index (Phi) is 5.71. The summed E-state index contributed by atoms with van der Waals surface area (Å²) in [4.78, 5) is 23.0. The maximum absolute atomic E-state index is 11.7. The van der Waals surface area contributed by atoms with Crippen LogP contribution in [0.1, 0.15) is 43.2 Å². The molecule has 2 fully saturated rings. The van der Waals surface area contributed by atoms with Crippen LogP contribution in [0.4, 0.5) is 0 Å². The van der Waals surface area contributed by atoms with Gasteiger partial charge in [-0.3, -0.25) is 0 Å². The highest BCUT2D eigenvalue weighted by atomic mass is 16.7. The molecule has 1 aliphatic heterocycles. The molecule has 0 bridgehead atoms. The topological polar surface area (TPSA) is 111 Å². The van der Waals surface area contributed by atoms with Crippen LogP contribution in [0, 0.1) is 5.41 Å². The summed E-state index contributed by atoms with van der Waals surface area (Å²) in [7, 11) is 2.58. The van der Waals surface area contributed by atoms with Gasteiger partial charge in [-0.05, 0) is 26.7 Å². The number of ether oxygens (including phenoxy) is 5. The lowest BCUT2D eigenvalue weighted by Gasteiger charge is -2.41. The van der Waals surface area contributed by atoms with Crippen molar-refractivity contribution < 1.29 is 33.3 Å². The van der Waals surface area contributed by atoms with Crippen molar-refractivity contribution in [3.05, 3.63) is 24.2 Å². The number of carbonyl (C=O) groups excluding carboxylic acids is 2. The third-order valence-corrected chi connectivity index (χ3v) is 5.06. The molecule has 10 heteroatoms. The first-order valence-electron chi connectivity index (χ1n) is 8.95. The van der Waals surface area contributed by atoms with E-state index in [0.717, 1.165) is 0 Å². The van der Waals surface area contributed by atoms with Crippen molar-refractivity contribution in [1.29, 1.82) is 0 Å². The number of esters is 2. The molecule has 1 aliphatic carbocycles. The van der Waals surface area contributed by atoms with Gasteiger partial charge in [-0.15, -0.1) is 5.10 Å². The fourth-order valence-electron chi connectivity index (χ4n) is 3.50. The number of nitrogens with zero attached hydrogens (tertiary/aromatic N) is 3. The van der Waals surface area contributed by atoms with Gasteiger partial charge in [-0.1, -0.05) is 5.21 Å². The van der Waals surface area contributed by atoms with E-state index in [1.165, 1.54) is 32.8 Å². The predicted octanol–water partition coefficient (Wildman–Crippen LogP) is 1.24. The highest BCUT2D eigenvalue weighted by Gasteiger charge is 2.51. The fourth-order valence-corrected chi connectivity index (χ4v) is 3.50. The Balaban J connectivity index is 1.79. The van der Waals surface area contributed by atoms with Crippen LogP contribution in [-0.2, 0) is 28.5 Å². The second-order valence-electron chi connectivity index (χ2n) is 7.53. The van der Waals surface area contributed by atoms with Crippen LogP contribution >= 0.6 is 0 Å². The van der Waals surface area contributed by atoms with Crippen LogP contribution in [0.25, 0.3) is 0 Å². The zero-order chi connectivity index (χ0) is 20.4. The van der Waals surface area contributed by atoms with Crippen molar-refractivity contribution in [3.8, 4) is 0 Å². The van der Waals surface area contributed by atoms with Gasteiger partial charge in [0, 0.05) is 5.41 Å². The normalized spacial score (nSPS) is 25.7. The molecular formula is C18H25N3O7. The molecule has 0 aromatic carbocycles.